The Morgan fingerprint density at radius 1 is 1.36 bits per heavy atom. The van der Waals surface area contributed by atoms with Crippen molar-refractivity contribution >= 4 is 17.4 Å². The van der Waals surface area contributed by atoms with E-state index in [1.807, 2.05) is 6.92 Å². The van der Waals surface area contributed by atoms with Gasteiger partial charge in [0.15, 0.2) is 0 Å². The molecule has 124 valence electrons. The number of alkyl halides is 3. The summed E-state index contributed by atoms with van der Waals surface area (Å²) in [5, 5.41) is 3.66. The monoisotopic (exact) mass is 336 g/mol. The second-order valence-corrected chi connectivity index (χ2v) is 5.99. The van der Waals surface area contributed by atoms with Gasteiger partial charge in [0, 0.05) is 18.7 Å². The Morgan fingerprint density at radius 2 is 2.09 bits per heavy atom. The lowest BCUT2D eigenvalue weighted by atomic mass is 10.1. The van der Waals surface area contributed by atoms with Gasteiger partial charge < -0.3 is 5.32 Å². The van der Waals surface area contributed by atoms with E-state index in [0.717, 1.165) is 12.0 Å². The predicted molar refractivity (Wildman–Crippen MR) is 80.2 cm³/mol. The van der Waals surface area contributed by atoms with E-state index in [0.29, 0.717) is 42.9 Å². The van der Waals surface area contributed by atoms with Crippen molar-refractivity contribution in [2.75, 3.05) is 31.5 Å². The second-order valence-electron chi connectivity index (χ2n) is 5.63. The zero-order valence-electron chi connectivity index (χ0n) is 12.7. The predicted octanol–water partition coefficient (Wildman–Crippen LogP) is 3.30. The Morgan fingerprint density at radius 3 is 2.73 bits per heavy atom. The topological polar surface area (TPSA) is 41.1 Å². The van der Waals surface area contributed by atoms with Gasteiger partial charge in [-0.15, -0.1) is 0 Å². The molecular weight excluding hydrogens is 317 g/mol. The Labute approximate surface area is 133 Å². The minimum Gasteiger partial charge on any atom is -0.369 e. The molecule has 4 nitrogen and oxygen atoms in total. The average Bonchev–Trinajstić information content (AvgIpc) is 2.81. The molecule has 0 spiro atoms. The summed E-state index contributed by atoms with van der Waals surface area (Å²) in [6, 6.07) is 0. The highest BCUT2D eigenvalue weighted by molar-refractivity contribution is 6.30. The second kappa shape index (κ2) is 7.00. The molecule has 0 amide bonds. The number of anilines is 1. The van der Waals surface area contributed by atoms with Crippen LogP contribution >= 0.6 is 11.6 Å². The van der Waals surface area contributed by atoms with Crippen LogP contribution in [0.25, 0.3) is 0 Å². The van der Waals surface area contributed by atoms with Gasteiger partial charge in [0.1, 0.15) is 16.8 Å². The summed E-state index contributed by atoms with van der Waals surface area (Å²) in [7, 11) is 0. The lowest BCUT2D eigenvalue weighted by Gasteiger charge is -2.18. The minimum absolute atomic E-state index is 0.182. The zero-order chi connectivity index (χ0) is 16.3. The standard InChI is InChI=1S/C14H20ClF3N4/c1-3-11-12(15)20-9(2)21-13(11)19-6-10-4-5-22(7-10)8-14(16,17)18/h10H,3-8H2,1-2H3,(H,19,20,21). The van der Waals surface area contributed by atoms with E-state index in [1.165, 1.54) is 4.90 Å². The van der Waals surface area contributed by atoms with Crippen LogP contribution in [0.1, 0.15) is 24.7 Å². The van der Waals surface area contributed by atoms with E-state index < -0.39 is 12.7 Å². The summed E-state index contributed by atoms with van der Waals surface area (Å²) in [5.41, 5.74) is 0.845. The first-order valence-electron chi connectivity index (χ1n) is 7.34. The van der Waals surface area contributed by atoms with Gasteiger partial charge >= 0.3 is 6.18 Å². The van der Waals surface area contributed by atoms with Gasteiger partial charge in [0.2, 0.25) is 0 Å². The molecule has 0 bridgehead atoms. The fourth-order valence-electron chi connectivity index (χ4n) is 2.74. The number of hydrogen-bond donors (Lipinski definition) is 1. The molecule has 1 unspecified atom stereocenters. The summed E-state index contributed by atoms with van der Waals surface area (Å²) in [6.07, 6.45) is -2.68. The molecule has 1 aromatic heterocycles. The van der Waals surface area contributed by atoms with Crippen LogP contribution < -0.4 is 5.32 Å². The van der Waals surface area contributed by atoms with Gasteiger partial charge in [0.25, 0.3) is 0 Å². The van der Waals surface area contributed by atoms with Crippen LogP contribution in [0, 0.1) is 12.8 Å². The minimum atomic E-state index is -4.13. The maximum absolute atomic E-state index is 12.4. The average molecular weight is 337 g/mol. The SMILES string of the molecule is CCc1c(Cl)nc(C)nc1NCC1CCN(CC(F)(F)F)C1. The summed E-state index contributed by atoms with van der Waals surface area (Å²) in [5.74, 6) is 1.45. The highest BCUT2D eigenvalue weighted by atomic mass is 35.5. The van der Waals surface area contributed by atoms with Crippen molar-refractivity contribution in [1.82, 2.24) is 14.9 Å². The number of rotatable bonds is 5. The number of aryl methyl sites for hydroxylation is 1. The number of aromatic nitrogens is 2. The third-order valence-electron chi connectivity index (χ3n) is 3.75. The zero-order valence-corrected chi connectivity index (χ0v) is 13.4. The molecule has 0 radical (unpaired) electrons. The first kappa shape index (κ1) is 17.3. The first-order valence-corrected chi connectivity index (χ1v) is 7.72. The number of likely N-dealkylation sites (tertiary alicyclic amines) is 1. The normalized spacial score (nSPS) is 19.6. The van der Waals surface area contributed by atoms with Crippen LogP contribution in [-0.2, 0) is 6.42 Å². The number of halogens is 4. The van der Waals surface area contributed by atoms with Crippen molar-refractivity contribution in [2.45, 2.75) is 32.9 Å². The number of nitrogens with one attached hydrogen (secondary N) is 1. The summed E-state index contributed by atoms with van der Waals surface area (Å²) in [4.78, 5) is 9.91. The van der Waals surface area contributed by atoms with Gasteiger partial charge in [-0.3, -0.25) is 4.90 Å². The maximum atomic E-state index is 12.4. The Kier molecular flexibility index (Phi) is 5.50. The molecule has 1 aliphatic heterocycles. The van der Waals surface area contributed by atoms with Crippen LogP contribution in [-0.4, -0.2) is 47.2 Å². The molecule has 8 heteroatoms. The van der Waals surface area contributed by atoms with E-state index in [1.54, 1.807) is 6.92 Å². The summed E-state index contributed by atoms with van der Waals surface area (Å²) in [6.45, 7) is 4.42. The van der Waals surface area contributed by atoms with Gasteiger partial charge in [-0.1, -0.05) is 18.5 Å². The molecule has 0 saturated carbocycles. The summed E-state index contributed by atoms with van der Waals surface area (Å²) < 4.78 is 37.2. The smallest absolute Gasteiger partial charge is 0.369 e. The van der Waals surface area contributed by atoms with Crippen LogP contribution in [0.2, 0.25) is 5.15 Å². The molecule has 22 heavy (non-hydrogen) atoms. The molecule has 1 saturated heterocycles. The molecule has 1 aliphatic rings. The van der Waals surface area contributed by atoms with Crippen LogP contribution in [0.5, 0.6) is 0 Å². The molecule has 2 heterocycles. The maximum Gasteiger partial charge on any atom is 0.401 e. The third-order valence-corrected chi connectivity index (χ3v) is 4.07. The van der Waals surface area contributed by atoms with Gasteiger partial charge in [-0.05, 0) is 32.2 Å². The highest BCUT2D eigenvalue weighted by Crippen LogP contribution is 2.25. The van der Waals surface area contributed by atoms with Crippen LogP contribution in [0.4, 0.5) is 19.0 Å². The van der Waals surface area contributed by atoms with Crippen LogP contribution in [0.15, 0.2) is 0 Å². The van der Waals surface area contributed by atoms with E-state index in [9.17, 15) is 13.2 Å². The van der Waals surface area contributed by atoms with Crippen molar-refractivity contribution in [3.63, 3.8) is 0 Å². The lowest BCUT2D eigenvalue weighted by molar-refractivity contribution is -0.143. The van der Waals surface area contributed by atoms with Crippen molar-refractivity contribution in [3.8, 4) is 0 Å². The number of nitrogens with zero attached hydrogens (tertiary/aromatic N) is 3. The van der Waals surface area contributed by atoms with E-state index in [-0.39, 0.29) is 5.92 Å². The third kappa shape index (κ3) is 4.71. The molecule has 1 N–H and O–H groups in total. The van der Waals surface area contributed by atoms with Crippen molar-refractivity contribution < 1.29 is 13.2 Å². The Bertz CT molecular complexity index is 522. The van der Waals surface area contributed by atoms with Gasteiger partial charge in [-0.2, -0.15) is 13.2 Å². The number of hydrogen-bond acceptors (Lipinski definition) is 4. The van der Waals surface area contributed by atoms with Crippen molar-refractivity contribution in [2.24, 2.45) is 5.92 Å². The Balaban J connectivity index is 1.92. The van der Waals surface area contributed by atoms with Crippen molar-refractivity contribution in [3.05, 3.63) is 16.5 Å². The molecular formula is C14H20ClF3N4. The van der Waals surface area contributed by atoms with E-state index in [4.69, 9.17) is 11.6 Å². The molecule has 0 aromatic carbocycles. The molecule has 0 aliphatic carbocycles. The Hall–Kier alpha value is -1.08. The quantitative estimate of drug-likeness (QED) is 0.838. The first-order chi connectivity index (χ1) is 10.3. The van der Waals surface area contributed by atoms with E-state index in [2.05, 4.69) is 15.3 Å². The summed E-state index contributed by atoms with van der Waals surface area (Å²) >= 11 is 6.10. The highest BCUT2D eigenvalue weighted by Gasteiger charge is 2.34. The fourth-order valence-corrected chi connectivity index (χ4v) is 3.08. The van der Waals surface area contributed by atoms with Gasteiger partial charge in [0.05, 0.1) is 6.54 Å². The molecule has 2 rings (SSSR count). The molecule has 1 fully saturated rings. The van der Waals surface area contributed by atoms with Crippen LogP contribution in [0.3, 0.4) is 0 Å². The van der Waals surface area contributed by atoms with Gasteiger partial charge in [-0.25, -0.2) is 9.97 Å². The molecule has 1 atom stereocenters. The lowest BCUT2D eigenvalue weighted by Crippen LogP contribution is -2.33. The van der Waals surface area contributed by atoms with Crippen molar-refractivity contribution in [1.29, 1.82) is 0 Å². The molecule has 1 aromatic rings. The fraction of sp³-hybridized carbons (Fsp3) is 0.714. The largest absolute Gasteiger partial charge is 0.401 e. The van der Waals surface area contributed by atoms with E-state index >= 15 is 0 Å².